The molecule has 5 aromatic carbocycles. The Labute approximate surface area is 264 Å². The van der Waals surface area contributed by atoms with Gasteiger partial charge in [0, 0.05) is 41.9 Å². The van der Waals surface area contributed by atoms with Gasteiger partial charge in [0.15, 0.2) is 0 Å². The predicted molar refractivity (Wildman–Crippen MR) is 188 cm³/mol. The molecule has 2 aromatic heterocycles. The molecule has 0 saturated heterocycles. The third-order valence-corrected chi connectivity index (χ3v) is 9.54. The van der Waals surface area contributed by atoms with Crippen molar-refractivity contribution in [3.05, 3.63) is 117 Å². The third kappa shape index (κ3) is 4.42. The molecule has 2 nitrogen and oxygen atoms in total. The van der Waals surface area contributed by atoms with Gasteiger partial charge in [-0.2, -0.15) is 0 Å². The van der Waals surface area contributed by atoms with E-state index in [-0.39, 0.29) is 10.8 Å². The van der Waals surface area contributed by atoms with Gasteiger partial charge < -0.3 is 9.13 Å². The molecule has 0 aliphatic heterocycles. The van der Waals surface area contributed by atoms with Crippen molar-refractivity contribution in [1.29, 1.82) is 0 Å². The van der Waals surface area contributed by atoms with Crippen LogP contribution >= 0.6 is 31.9 Å². The van der Waals surface area contributed by atoms with E-state index in [1.807, 2.05) is 0 Å². The molecule has 0 saturated carbocycles. The van der Waals surface area contributed by atoms with Crippen molar-refractivity contribution in [3.8, 4) is 11.4 Å². The minimum absolute atomic E-state index is 0.0851. The van der Waals surface area contributed by atoms with Crippen LogP contribution in [0.3, 0.4) is 0 Å². The number of rotatable bonds is 2. The van der Waals surface area contributed by atoms with E-state index in [4.69, 9.17) is 0 Å². The van der Waals surface area contributed by atoms with Crippen LogP contribution in [-0.2, 0) is 10.8 Å². The van der Waals surface area contributed by atoms with Gasteiger partial charge >= 0.3 is 0 Å². The van der Waals surface area contributed by atoms with Crippen LogP contribution in [0.5, 0.6) is 0 Å². The summed E-state index contributed by atoms with van der Waals surface area (Å²) in [4.78, 5) is 0. The maximum absolute atomic E-state index is 3.72. The summed E-state index contributed by atoms with van der Waals surface area (Å²) in [5.41, 5.74) is 10.0. The Kier molecular flexibility index (Phi) is 6.27. The maximum Gasteiger partial charge on any atom is 0.0541 e. The first kappa shape index (κ1) is 27.5. The van der Waals surface area contributed by atoms with Crippen LogP contribution in [0.15, 0.2) is 106 Å². The molecule has 0 amide bonds. The lowest BCUT2D eigenvalue weighted by Gasteiger charge is -2.19. The van der Waals surface area contributed by atoms with E-state index < -0.39 is 0 Å². The van der Waals surface area contributed by atoms with Gasteiger partial charge in [-0.1, -0.05) is 85.5 Å². The van der Waals surface area contributed by atoms with Crippen LogP contribution in [0.1, 0.15) is 52.7 Å². The van der Waals surface area contributed by atoms with Gasteiger partial charge in [-0.25, -0.2) is 0 Å². The zero-order valence-corrected chi connectivity index (χ0v) is 28.1. The van der Waals surface area contributed by atoms with Crippen LogP contribution in [0, 0.1) is 0 Å². The van der Waals surface area contributed by atoms with Gasteiger partial charge in [0.1, 0.15) is 0 Å². The standard InChI is InChI=1S/C38H34Br2N2/c1-37(2,3)23-7-15-33-29(19-23)31-21-25(39)9-17-35(31)41(33)27-11-13-28(14-12-27)42-34-16-8-24(38(4,5)6)20-30(34)32-22-26(40)10-18-36(32)42/h7-22H,1-6H3. The third-order valence-electron chi connectivity index (χ3n) is 8.55. The second kappa shape index (κ2) is 9.59. The summed E-state index contributed by atoms with van der Waals surface area (Å²) in [5, 5.41) is 5.09. The van der Waals surface area contributed by atoms with Gasteiger partial charge in [0.2, 0.25) is 0 Å². The first-order valence-corrected chi connectivity index (χ1v) is 16.1. The average Bonchev–Trinajstić information content (AvgIpc) is 3.43. The van der Waals surface area contributed by atoms with Gasteiger partial charge in [0.05, 0.1) is 22.1 Å². The molecule has 0 atom stereocenters. The highest BCUT2D eigenvalue weighted by molar-refractivity contribution is 9.10. The quantitative estimate of drug-likeness (QED) is 0.172. The molecule has 0 bridgehead atoms. The summed E-state index contributed by atoms with van der Waals surface area (Å²) in [6, 6.07) is 36.1. The number of halogens is 2. The lowest BCUT2D eigenvalue weighted by molar-refractivity contribution is 0.591. The predicted octanol–water partition coefficient (Wildman–Crippen LogP) is 12.0. The van der Waals surface area contributed by atoms with E-state index in [9.17, 15) is 0 Å². The van der Waals surface area contributed by atoms with Crippen molar-refractivity contribution >= 4 is 75.5 Å². The van der Waals surface area contributed by atoms with E-state index in [1.54, 1.807) is 0 Å². The van der Waals surface area contributed by atoms with Gasteiger partial charge in [0.25, 0.3) is 0 Å². The summed E-state index contributed by atoms with van der Waals surface area (Å²) >= 11 is 7.43. The Morgan fingerprint density at radius 2 is 0.714 bits per heavy atom. The largest absolute Gasteiger partial charge is 0.309 e. The molecule has 0 spiro atoms. The lowest BCUT2D eigenvalue weighted by Crippen LogP contribution is -2.10. The van der Waals surface area contributed by atoms with Gasteiger partial charge in [-0.15, -0.1) is 0 Å². The summed E-state index contributed by atoms with van der Waals surface area (Å²) in [7, 11) is 0. The average molecular weight is 679 g/mol. The number of aromatic nitrogens is 2. The zero-order chi connectivity index (χ0) is 29.6. The van der Waals surface area contributed by atoms with E-state index in [0.29, 0.717) is 0 Å². The van der Waals surface area contributed by atoms with Crippen molar-refractivity contribution in [1.82, 2.24) is 9.13 Å². The highest BCUT2D eigenvalue weighted by atomic mass is 79.9. The summed E-state index contributed by atoms with van der Waals surface area (Å²) in [6.45, 7) is 13.7. The second-order valence-corrected chi connectivity index (χ2v) is 15.3. The monoisotopic (exact) mass is 676 g/mol. The molecule has 0 aliphatic rings. The van der Waals surface area contributed by atoms with Crippen LogP contribution in [-0.4, -0.2) is 9.13 Å². The highest BCUT2D eigenvalue weighted by Gasteiger charge is 2.20. The molecule has 4 heteroatoms. The molecule has 0 unspecified atom stereocenters. The highest BCUT2D eigenvalue weighted by Crippen LogP contribution is 2.39. The molecule has 0 aliphatic carbocycles. The first-order chi connectivity index (χ1) is 19.9. The van der Waals surface area contributed by atoms with E-state index in [0.717, 1.165) is 20.3 Å². The molecule has 0 radical (unpaired) electrons. The molecule has 7 rings (SSSR count). The summed E-state index contributed by atoms with van der Waals surface area (Å²) in [5.74, 6) is 0. The van der Waals surface area contributed by atoms with Crippen LogP contribution in [0.25, 0.3) is 55.0 Å². The van der Waals surface area contributed by atoms with Crippen LogP contribution in [0.4, 0.5) is 0 Å². The van der Waals surface area contributed by atoms with Crippen LogP contribution in [0.2, 0.25) is 0 Å². The topological polar surface area (TPSA) is 9.86 Å². The summed E-state index contributed by atoms with van der Waals surface area (Å²) in [6.07, 6.45) is 0. The summed E-state index contributed by atoms with van der Waals surface area (Å²) < 4.78 is 6.98. The Bertz CT molecular complexity index is 2010. The fourth-order valence-corrected chi connectivity index (χ4v) is 6.95. The Morgan fingerprint density at radius 3 is 1.05 bits per heavy atom. The Hall–Kier alpha value is -3.34. The molecule has 7 aromatic rings. The number of benzene rings is 5. The van der Waals surface area contributed by atoms with Crippen molar-refractivity contribution in [2.24, 2.45) is 0 Å². The molecular formula is C38H34Br2N2. The van der Waals surface area contributed by atoms with Gasteiger partial charge in [-0.05, 0) is 107 Å². The number of nitrogens with zero attached hydrogens (tertiary/aromatic N) is 2. The second-order valence-electron chi connectivity index (χ2n) is 13.5. The van der Waals surface area contributed by atoms with E-state index in [2.05, 4.69) is 180 Å². The number of hydrogen-bond acceptors (Lipinski definition) is 0. The first-order valence-electron chi connectivity index (χ1n) is 14.5. The van der Waals surface area contributed by atoms with Crippen molar-refractivity contribution in [2.45, 2.75) is 52.4 Å². The number of hydrogen-bond donors (Lipinski definition) is 0. The molecule has 210 valence electrons. The lowest BCUT2D eigenvalue weighted by atomic mass is 9.86. The SMILES string of the molecule is CC(C)(C)c1ccc2c(c1)c1cc(Br)ccc1n2-c1ccc(-n2c3ccc(Br)cc3c3cc(C(C)(C)C)ccc32)cc1. The number of fused-ring (bicyclic) bond motifs is 6. The maximum atomic E-state index is 3.72. The van der Waals surface area contributed by atoms with E-state index >= 15 is 0 Å². The Balaban J connectivity index is 1.43. The smallest absolute Gasteiger partial charge is 0.0541 e. The minimum atomic E-state index is 0.0851. The zero-order valence-electron chi connectivity index (χ0n) is 24.9. The molecule has 0 fully saturated rings. The fourth-order valence-electron chi connectivity index (χ4n) is 6.23. The molecule has 42 heavy (non-hydrogen) atoms. The van der Waals surface area contributed by atoms with Crippen molar-refractivity contribution < 1.29 is 0 Å². The molecule has 2 heterocycles. The molecule has 0 N–H and O–H groups in total. The molecular weight excluding hydrogens is 644 g/mol. The van der Waals surface area contributed by atoms with Crippen molar-refractivity contribution in [3.63, 3.8) is 0 Å². The van der Waals surface area contributed by atoms with Crippen LogP contribution < -0.4 is 0 Å². The fraction of sp³-hybridized carbons (Fsp3) is 0.211. The normalized spacial score (nSPS) is 12.8. The van der Waals surface area contributed by atoms with Crippen molar-refractivity contribution in [2.75, 3.05) is 0 Å². The van der Waals surface area contributed by atoms with E-state index in [1.165, 1.54) is 54.7 Å². The minimum Gasteiger partial charge on any atom is -0.309 e. The van der Waals surface area contributed by atoms with Gasteiger partial charge in [-0.3, -0.25) is 0 Å². The Morgan fingerprint density at radius 1 is 0.405 bits per heavy atom.